The van der Waals surface area contributed by atoms with Gasteiger partial charge in [-0.15, -0.1) is 0 Å². The maximum absolute atomic E-state index is 12.4. The standard InChI is InChI=1S/C20H22N4O2S/c1-2-3-7-12-21-20(27)23-22-19(25)15-10-11-17-16(13-15)18(26-24-17)14-8-5-4-6-9-14/h4-6,8-11,13H,2-3,7,12H2,1H3,(H,22,25)(H2,21,23,27). The maximum Gasteiger partial charge on any atom is 0.269 e. The molecule has 6 nitrogen and oxygen atoms in total. The summed E-state index contributed by atoms with van der Waals surface area (Å²) in [6.45, 7) is 2.93. The molecule has 1 amide bonds. The van der Waals surface area contributed by atoms with E-state index >= 15 is 0 Å². The van der Waals surface area contributed by atoms with Gasteiger partial charge in [0.1, 0.15) is 5.52 Å². The van der Waals surface area contributed by atoms with Crippen LogP contribution in [0.1, 0.15) is 36.5 Å². The fraction of sp³-hybridized carbons (Fsp3) is 0.250. The van der Waals surface area contributed by atoms with Crippen molar-refractivity contribution in [3.63, 3.8) is 0 Å². The van der Waals surface area contributed by atoms with Crippen LogP contribution in [0.25, 0.3) is 22.2 Å². The summed E-state index contributed by atoms with van der Waals surface area (Å²) in [4.78, 5) is 12.4. The van der Waals surface area contributed by atoms with Gasteiger partial charge in [0.2, 0.25) is 0 Å². The molecule has 0 bridgehead atoms. The third-order valence-electron chi connectivity index (χ3n) is 4.13. The second kappa shape index (κ2) is 9.14. The molecule has 0 saturated heterocycles. The van der Waals surface area contributed by atoms with Crippen LogP contribution in [0.4, 0.5) is 0 Å². The Morgan fingerprint density at radius 3 is 2.70 bits per heavy atom. The molecule has 140 valence electrons. The van der Waals surface area contributed by atoms with Crippen LogP contribution in [0.5, 0.6) is 0 Å². The number of hydrazine groups is 1. The van der Waals surface area contributed by atoms with Gasteiger partial charge in [0.25, 0.3) is 5.91 Å². The lowest BCUT2D eigenvalue weighted by Gasteiger charge is -2.11. The predicted molar refractivity (Wildman–Crippen MR) is 110 cm³/mol. The van der Waals surface area contributed by atoms with E-state index in [1.54, 1.807) is 18.2 Å². The summed E-state index contributed by atoms with van der Waals surface area (Å²) in [6, 6.07) is 14.9. The first kappa shape index (κ1) is 18.8. The van der Waals surface area contributed by atoms with E-state index in [0.29, 0.717) is 22.0 Å². The second-order valence-electron chi connectivity index (χ2n) is 6.15. The number of carbonyl (C=O) groups is 1. The molecule has 27 heavy (non-hydrogen) atoms. The van der Waals surface area contributed by atoms with Gasteiger partial charge < -0.3 is 9.84 Å². The largest absolute Gasteiger partial charge is 0.361 e. The number of unbranched alkanes of at least 4 members (excludes halogenated alkanes) is 2. The molecule has 3 rings (SSSR count). The van der Waals surface area contributed by atoms with Crippen LogP contribution < -0.4 is 16.2 Å². The first-order valence-corrected chi connectivity index (χ1v) is 9.39. The zero-order chi connectivity index (χ0) is 19.1. The molecule has 0 aliphatic rings. The van der Waals surface area contributed by atoms with Crippen molar-refractivity contribution in [2.45, 2.75) is 26.2 Å². The molecule has 0 saturated carbocycles. The highest BCUT2D eigenvalue weighted by Crippen LogP contribution is 2.29. The van der Waals surface area contributed by atoms with Crippen molar-refractivity contribution in [2.75, 3.05) is 6.54 Å². The normalized spacial score (nSPS) is 10.6. The van der Waals surface area contributed by atoms with Gasteiger partial charge in [-0.2, -0.15) is 0 Å². The SMILES string of the molecule is CCCCCNC(=S)NNC(=O)c1ccc2noc(-c3ccccc3)c2c1. The van der Waals surface area contributed by atoms with Crippen molar-refractivity contribution >= 4 is 34.1 Å². The smallest absolute Gasteiger partial charge is 0.269 e. The topological polar surface area (TPSA) is 79.2 Å². The van der Waals surface area contributed by atoms with Crippen molar-refractivity contribution < 1.29 is 9.32 Å². The average Bonchev–Trinajstić information content (AvgIpc) is 3.13. The Bertz CT molecular complexity index is 924. The number of thiocarbonyl (C=S) groups is 1. The monoisotopic (exact) mass is 382 g/mol. The van der Waals surface area contributed by atoms with Gasteiger partial charge in [0, 0.05) is 17.7 Å². The summed E-state index contributed by atoms with van der Waals surface area (Å²) in [5, 5.41) is 8.31. The summed E-state index contributed by atoms with van der Waals surface area (Å²) >= 11 is 5.16. The van der Waals surface area contributed by atoms with E-state index < -0.39 is 0 Å². The minimum Gasteiger partial charge on any atom is -0.361 e. The molecule has 1 aromatic heterocycles. The minimum absolute atomic E-state index is 0.283. The van der Waals surface area contributed by atoms with Crippen LogP contribution in [-0.4, -0.2) is 22.7 Å². The van der Waals surface area contributed by atoms with Gasteiger partial charge in [0.15, 0.2) is 10.9 Å². The van der Waals surface area contributed by atoms with Crippen LogP contribution in [-0.2, 0) is 0 Å². The molecule has 3 N–H and O–H groups in total. The molecule has 0 spiro atoms. The van der Waals surface area contributed by atoms with Crippen LogP contribution in [0, 0.1) is 0 Å². The fourth-order valence-corrected chi connectivity index (χ4v) is 2.84. The Kier molecular flexibility index (Phi) is 6.38. The molecular formula is C20H22N4O2S. The average molecular weight is 382 g/mol. The summed E-state index contributed by atoms with van der Waals surface area (Å²) in [6.07, 6.45) is 3.33. The zero-order valence-electron chi connectivity index (χ0n) is 15.1. The van der Waals surface area contributed by atoms with Gasteiger partial charge in [0.05, 0.1) is 5.39 Å². The number of nitrogens with zero attached hydrogens (tertiary/aromatic N) is 1. The van der Waals surface area contributed by atoms with Crippen molar-refractivity contribution in [3.05, 3.63) is 54.1 Å². The van der Waals surface area contributed by atoms with Gasteiger partial charge in [-0.3, -0.25) is 15.6 Å². The van der Waals surface area contributed by atoms with E-state index in [1.165, 1.54) is 0 Å². The Balaban J connectivity index is 1.66. The first-order chi connectivity index (χ1) is 13.2. The molecule has 3 aromatic rings. The number of aromatic nitrogens is 1. The number of rotatable bonds is 6. The van der Waals surface area contributed by atoms with Crippen LogP contribution in [0.2, 0.25) is 0 Å². The number of hydrogen-bond acceptors (Lipinski definition) is 4. The minimum atomic E-state index is -0.283. The summed E-state index contributed by atoms with van der Waals surface area (Å²) in [5.41, 5.74) is 7.44. The highest BCUT2D eigenvalue weighted by atomic mass is 32.1. The Morgan fingerprint density at radius 1 is 1.11 bits per heavy atom. The van der Waals surface area contributed by atoms with Crippen molar-refractivity contribution in [3.8, 4) is 11.3 Å². The second-order valence-corrected chi connectivity index (χ2v) is 6.56. The van der Waals surface area contributed by atoms with E-state index in [4.69, 9.17) is 16.7 Å². The van der Waals surface area contributed by atoms with Gasteiger partial charge in [-0.1, -0.05) is 55.3 Å². The van der Waals surface area contributed by atoms with Crippen molar-refractivity contribution in [1.29, 1.82) is 0 Å². The lowest BCUT2D eigenvalue weighted by molar-refractivity contribution is 0.0944. The Hall–Kier alpha value is -2.93. The van der Waals surface area contributed by atoms with Gasteiger partial charge in [-0.05, 0) is 36.8 Å². The molecule has 7 heteroatoms. The lowest BCUT2D eigenvalue weighted by Crippen LogP contribution is -2.46. The van der Waals surface area contributed by atoms with Crippen LogP contribution >= 0.6 is 12.2 Å². The van der Waals surface area contributed by atoms with E-state index in [0.717, 1.165) is 36.8 Å². The molecule has 1 heterocycles. The van der Waals surface area contributed by atoms with E-state index in [9.17, 15) is 4.79 Å². The summed E-state index contributed by atoms with van der Waals surface area (Å²) in [5.74, 6) is 0.358. The molecule has 0 fully saturated rings. The van der Waals surface area contributed by atoms with Gasteiger partial charge >= 0.3 is 0 Å². The zero-order valence-corrected chi connectivity index (χ0v) is 15.9. The first-order valence-electron chi connectivity index (χ1n) is 8.98. The summed E-state index contributed by atoms with van der Waals surface area (Å²) in [7, 11) is 0. The molecule has 0 radical (unpaired) electrons. The fourth-order valence-electron chi connectivity index (χ4n) is 2.69. The molecule has 0 aliphatic heterocycles. The van der Waals surface area contributed by atoms with E-state index in [1.807, 2.05) is 30.3 Å². The highest BCUT2D eigenvalue weighted by molar-refractivity contribution is 7.80. The third-order valence-corrected chi connectivity index (χ3v) is 4.38. The van der Waals surface area contributed by atoms with E-state index in [-0.39, 0.29) is 5.91 Å². The van der Waals surface area contributed by atoms with Crippen molar-refractivity contribution in [2.24, 2.45) is 0 Å². The Morgan fingerprint density at radius 2 is 1.93 bits per heavy atom. The number of carbonyl (C=O) groups excluding carboxylic acids is 1. The number of hydrogen-bond donors (Lipinski definition) is 3. The number of benzene rings is 2. The van der Waals surface area contributed by atoms with Crippen molar-refractivity contribution in [1.82, 2.24) is 21.3 Å². The van der Waals surface area contributed by atoms with E-state index in [2.05, 4.69) is 28.2 Å². The molecule has 0 unspecified atom stereocenters. The lowest BCUT2D eigenvalue weighted by atomic mass is 10.1. The third kappa shape index (κ3) is 4.83. The van der Waals surface area contributed by atoms with Gasteiger partial charge in [-0.25, -0.2) is 0 Å². The number of fused-ring (bicyclic) bond motifs is 1. The van der Waals surface area contributed by atoms with Crippen LogP contribution in [0.3, 0.4) is 0 Å². The maximum atomic E-state index is 12.4. The predicted octanol–water partition coefficient (Wildman–Crippen LogP) is 3.79. The molecule has 2 aromatic carbocycles. The van der Waals surface area contributed by atoms with Crippen LogP contribution in [0.15, 0.2) is 53.1 Å². The number of nitrogens with one attached hydrogen (secondary N) is 3. The number of amides is 1. The quantitative estimate of drug-likeness (QED) is 0.342. The molecule has 0 atom stereocenters. The highest BCUT2D eigenvalue weighted by Gasteiger charge is 2.14. The summed E-state index contributed by atoms with van der Waals surface area (Å²) < 4.78 is 5.47. The Labute approximate surface area is 163 Å². The molecular weight excluding hydrogens is 360 g/mol. The molecule has 0 aliphatic carbocycles.